The molecule has 1 heterocycles. The van der Waals surface area contributed by atoms with Crippen molar-refractivity contribution >= 4 is 17.7 Å². The van der Waals surface area contributed by atoms with E-state index in [-0.39, 0.29) is 31.0 Å². The Kier molecular flexibility index (Phi) is 3.00. The van der Waals surface area contributed by atoms with E-state index in [9.17, 15) is 14.4 Å². The van der Waals surface area contributed by atoms with Crippen molar-refractivity contribution in [1.82, 2.24) is 0 Å². The van der Waals surface area contributed by atoms with Crippen molar-refractivity contribution in [1.29, 1.82) is 0 Å². The number of carbonyl (C=O) groups is 3. The van der Waals surface area contributed by atoms with E-state index < -0.39 is 12.1 Å². The minimum atomic E-state index is -1.02. The van der Waals surface area contributed by atoms with Crippen molar-refractivity contribution in [3.05, 3.63) is 0 Å². The fourth-order valence-corrected chi connectivity index (χ4v) is 1.14. The molecule has 0 amide bonds. The van der Waals surface area contributed by atoms with Crippen LogP contribution in [0.5, 0.6) is 0 Å². The van der Waals surface area contributed by atoms with Crippen LogP contribution in [-0.2, 0) is 19.1 Å². The van der Waals surface area contributed by atoms with Crippen LogP contribution < -0.4 is 0 Å². The van der Waals surface area contributed by atoms with Crippen molar-refractivity contribution in [3.63, 3.8) is 0 Å². The maximum Gasteiger partial charge on any atom is 0.306 e. The normalized spacial score (nSPS) is 21.2. The summed E-state index contributed by atoms with van der Waals surface area (Å²) >= 11 is 0. The van der Waals surface area contributed by atoms with Crippen LogP contribution in [0.25, 0.3) is 0 Å². The minimum Gasteiger partial charge on any atom is -0.481 e. The van der Waals surface area contributed by atoms with Crippen molar-refractivity contribution in [2.45, 2.75) is 31.8 Å². The van der Waals surface area contributed by atoms with Gasteiger partial charge >= 0.3 is 11.9 Å². The Morgan fingerprint density at radius 2 is 2.15 bits per heavy atom. The van der Waals surface area contributed by atoms with Crippen LogP contribution in [0.2, 0.25) is 0 Å². The molecule has 0 aromatic heterocycles. The molecule has 0 aromatic rings. The van der Waals surface area contributed by atoms with E-state index in [1.54, 1.807) is 0 Å². The van der Waals surface area contributed by atoms with Gasteiger partial charge in [-0.05, 0) is 0 Å². The first-order valence-corrected chi connectivity index (χ1v) is 4.03. The summed E-state index contributed by atoms with van der Waals surface area (Å²) in [5.41, 5.74) is 0. The van der Waals surface area contributed by atoms with E-state index in [4.69, 9.17) is 5.11 Å². The van der Waals surface area contributed by atoms with Gasteiger partial charge < -0.3 is 9.84 Å². The number of esters is 1. The molecule has 1 fully saturated rings. The molecule has 5 nitrogen and oxygen atoms in total. The third-order valence-electron chi connectivity index (χ3n) is 1.83. The Bertz CT molecular complexity index is 245. The zero-order valence-electron chi connectivity index (χ0n) is 6.99. The van der Waals surface area contributed by atoms with Gasteiger partial charge in [0.2, 0.25) is 0 Å². The Labute approximate surface area is 74.7 Å². The van der Waals surface area contributed by atoms with E-state index in [0.29, 0.717) is 6.42 Å². The molecular weight excluding hydrogens is 176 g/mol. The van der Waals surface area contributed by atoms with E-state index in [2.05, 4.69) is 4.74 Å². The molecule has 5 heteroatoms. The van der Waals surface area contributed by atoms with Gasteiger partial charge in [-0.15, -0.1) is 0 Å². The molecule has 0 aliphatic carbocycles. The van der Waals surface area contributed by atoms with Gasteiger partial charge in [-0.3, -0.25) is 14.4 Å². The number of Topliss-reactive ketones (excluding diaryl/α,β-unsaturated/α-hetero) is 1. The van der Waals surface area contributed by atoms with Gasteiger partial charge in [-0.1, -0.05) is 0 Å². The molecule has 1 atom stereocenters. The molecule has 13 heavy (non-hydrogen) atoms. The SMILES string of the molecule is O=C(O)CCC(=O)[C@@H]1CCC(=O)O1. The van der Waals surface area contributed by atoms with E-state index >= 15 is 0 Å². The van der Waals surface area contributed by atoms with Crippen LogP contribution in [0.3, 0.4) is 0 Å². The predicted molar refractivity (Wildman–Crippen MR) is 41.0 cm³/mol. The minimum absolute atomic E-state index is 0.0622. The predicted octanol–water partition coefficient (Wildman–Crippen LogP) is 0.126. The maximum atomic E-state index is 11.2. The molecule has 0 unspecified atom stereocenters. The van der Waals surface area contributed by atoms with Crippen LogP contribution in [0.15, 0.2) is 0 Å². The summed E-state index contributed by atoms with van der Waals surface area (Å²) in [5.74, 6) is -1.69. The Morgan fingerprint density at radius 3 is 2.62 bits per heavy atom. The lowest BCUT2D eigenvalue weighted by Gasteiger charge is -2.05. The molecule has 0 radical (unpaired) electrons. The maximum absolute atomic E-state index is 11.2. The summed E-state index contributed by atoms with van der Waals surface area (Å²) in [6.07, 6.45) is -0.326. The van der Waals surface area contributed by atoms with Gasteiger partial charge in [0.1, 0.15) is 0 Å². The number of carboxylic acid groups (broad SMARTS) is 1. The molecule has 72 valence electrons. The summed E-state index contributed by atoms with van der Waals surface area (Å²) < 4.78 is 4.67. The van der Waals surface area contributed by atoms with Gasteiger partial charge in [-0.25, -0.2) is 0 Å². The topological polar surface area (TPSA) is 80.7 Å². The third kappa shape index (κ3) is 2.85. The van der Waals surface area contributed by atoms with Gasteiger partial charge in [0.25, 0.3) is 0 Å². The zero-order valence-corrected chi connectivity index (χ0v) is 6.99. The van der Waals surface area contributed by atoms with E-state index in [0.717, 1.165) is 0 Å². The molecule has 0 saturated carbocycles. The number of hydrogen-bond acceptors (Lipinski definition) is 4. The highest BCUT2D eigenvalue weighted by Gasteiger charge is 2.29. The fourth-order valence-electron chi connectivity index (χ4n) is 1.14. The lowest BCUT2D eigenvalue weighted by molar-refractivity contribution is -0.147. The standard InChI is InChI=1S/C8H10O5/c9-5(1-3-7(10)11)6-2-4-8(12)13-6/h6H,1-4H2,(H,10,11)/t6-/m0/s1. The van der Waals surface area contributed by atoms with Gasteiger partial charge in [0.05, 0.1) is 6.42 Å². The van der Waals surface area contributed by atoms with Crippen LogP contribution in [0, 0.1) is 0 Å². The lowest BCUT2D eigenvalue weighted by atomic mass is 10.1. The average Bonchev–Trinajstić information content (AvgIpc) is 2.47. The summed E-state index contributed by atoms with van der Waals surface area (Å²) in [7, 11) is 0. The second-order valence-corrected chi connectivity index (χ2v) is 2.88. The summed E-state index contributed by atoms with van der Waals surface area (Å²) in [6.45, 7) is 0. The van der Waals surface area contributed by atoms with Crippen LogP contribution >= 0.6 is 0 Å². The Morgan fingerprint density at radius 1 is 1.46 bits per heavy atom. The van der Waals surface area contributed by atoms with Crippen molar-refractivity contribution in [3.8, 4) is 0 Å². The van der Waals surface area contributed by atoms with E-state index in [1.165, 1.54) is 0 Å². The molecule has 1 aliphatic rings. The molecule has 0 spiro atoms. The number of ketones is 1. The first kappa shape index (κ1) is 9.70. The highest BCUT2D eigenvalue weighted by Crippen LogP contribution is 2.16. The van der Waals surface area contributed by atoms with Gasteiger partial charge in [-0.2, -0.15) is 0 Å². The first-order chi connectivity index (χ1) is 6.09. The monoisotopic (exact) mass is 186 g/mol. The molecule has 1 aliphatic heterocycles. The number of carboxylic acids is 1. The van der Waals surface area contributed by atoms with Crippen molar-refractivity contribution < 1.29 is 24.2 Å². The van der Waals surface area contributed by atoms with Crippen molar-refractivity contribution in [2.75, 3.05) is 0 Å². The van der Waals surface area contributed by atoms with Gasteiger partial charge in [0, 0.05) is 19.3 Å². The largest absolute Gasteiger partial charge is 0.481 e. The number of hydrogen-bond donors (Lipinski definition) is 1. The molecule has 1 N–H and O–H groups in total. The number of ether oxygens (including phenoxy) is 1. The van der Waals surface area contributed by atoms with Crippen molar-refractivity contribution in [2.24, 2.45) is 0 Å². The summed E-state index contributed by atoms with van der Waals surface area (Å²) in [6, 6.07) is 0. The number of cyclic esters (lactones) is 1. The molecule has 0 aromatic carbocycles. The van der Waals surface area contributed by atoms with Crippen LogP contribution in [0.1, 0.15) is 25.7 Å². The average molecular weight is 186 g/mol. The Balaban J connectivity index is 2.31. The fraction of sp³-hybridized carbons (Fsp3) is 0.625. The number of rotatable bonds is 4. The molecule has 0 bridgehead atoms. The van der Waals surface area contributed by atoms with Crippen LogP contribution in [-0.4, -0.2) is 28.9 Å². The van der Waals surface area contributed by atoms with Crippen LogP contribution in [0.4, 0.5) is 0 Å². The highest BCUT2D eigenvalue weighted by molar-refractivity contribution is 5.89. The highest BCUT2D eigenvalue weighted by atomic mass is 16.6. The van der Waals surface area contributed by atoms with Gasteiger partial charge in [0.15, 0.2) is 11.9 Å². The summed E-state index contributed by atoms with van der Waals surface area (Å²) in [5, 5.41) is 8.30. The smallest absolute Gasteiger partial charge is 0.306 e. The second-order valence-electron chi connectivity index (χ2n) is 2.88. The second kappa shape index (κ2) is 4.02. The van der Waals surface area contributed by atoms with E-state index in [1.807, 2.05) is 0 Å². The molecule has 1 rings (SSSR count). The quantitative estimate of drug-likeness (QED) is 0.631. The third-order valence-corrected chi connectivity index (χ3v) is 1.83. The summed E-state index contributed by atoms with van der Waals surface area (Å²) in [4.78, 5) is 31.9. The zero-order chi connectivity index (χ0) is 9.84. The first-order valence-electron chi connectivity index (χ1n) is 4.03. The number of aliphatic carboxylic acids is 1. The molecule has 1 saturated heterocycles. The number of carbonyl (C=O) groups excluding carboxylic acids is 2. The Hall–Kier alpha value is -1.39. The lowest BCUT2D eigenvalue weighted by Crippen LogP contribution is -2.20. The molecular formula is C8H10O5.